The molecule has 5 rings (SSSR count). The number of hydrogen-bond donors (Lipinski definition) is 5. The van der Waals surface area contributed by atoms with E-state index in [2.05, 4.69) is 16.1 Å². The first-order valence-corrected chi connectivity index (χ1v) is 12.0. The van der Waals surface area contributed by atoms with Gasteiger partial charge in [-0.05, 0) is 73.6 Å². The van der Waals surface area contributed by atoms with Crippen LogP contribution in [0.15, 0.2) is 21.6 Å². The molecular weight excluding hydrogens is 402 g/mol. The topological polar surface area (TPSA) is 119 Å². The number of aryl methyl sites for hydroxylation is 3. The molecule has 1 aromatic heterocycles. The number of hydrogen-bond acceptors (Lipinski definition) is 6. The Balaban J connectivity index is 0.000000145. The number of nitrogens with one attached hydrogen (secondary N) is 3. The van der Waals surface area contributed by atoms with Gasteiger partial charge in [-0.2, -0.15) is 0 Å². The first-order chi connectivity index (χ1) is 14.4. The quantitative estimate of drug-likeness (QED) is 0.458. The molecule has 2 aromatic rings. The van der Waals surface area contributed by atoms with Gasteiger partial charge in [0.05, 0.1) is 0 Å². The molecule has 162 valence electrons. The van der Waals surface area contributed by atoms with Crippen LogP contribution in [-0.4, -0.2) is 28.3 Å². The average molecular weight is 432 g/mol. The zero-order chi connectivity index (χ0) is 21.3. The van der Waals surface area contributed by atoms with Crippen LogP contribution in [0, 0.1) is 5.41 Å². The van der Waals surface area contributed by atoms with Crippen LogP contribution in [0.5, 0.6) is 0 Å². The van der Waals surface area contributed by atoms with E-state index in [1.807, 2.05) is 0 Å². The summed E-state index contributed by atoms with van der Waals surface area (Å²) in [6.07, 6.45) is 10.3. The summed E-state index contributed by atoms with van der Waals surface area (Å²) in [7, 11) is -1.57. The van der Waals surface area contributed by atoms with E-state index < -0.39 is 10.8 Å². The lowest BCUT2D eigenvalue weighted by Gasteiger charge is -2.27. The van der Waals surface area contributed by atoms with Crippen LogP contribution in [0.3, 0.4) is 0 Å². The molecule has 0 radical (unpaired) electrons. The third-order valence-corrected chi connectivity index (χ3v) is 7.52. The first kappa shape index (κ1) is 21.1. The highest BCUT2D eigenvalue weighted by Gasteiger charge is 2.25. The number of carbonyl (C=O) groups excluding carboxylic acids is 1. The van der Waals surface area contributed by atoms with Gasteiger partial charge in [0.15, 0.2) is 0 Å². The monoisotopic (exact) mass is 431 g/mol. The SMILES string of the molecule is CNS(O)(O)c1cc2c(o1)CCCC2=N.O=CNc1c2c(cc3c1CCC3)CCC2. The molecule has 0 aliphatic heterocycles. The molecule has 0 bridgehead atoms. The van der Waals surface area contributed by atoms with E-state index in [0.717, 1.165) is 44.2 Å². The van der Waals surface area contributed by atoms with Crippen molar-refractivity contribution < 1.29 is 18.3 Å². The summed E-state index contributed by atoms with van der Waals surface area (Å²) >= 11 is 0. The van der Waals surface area contributed by atoms with E-state index in [1.54, 1.807) is 6.07 Å². The van der Waals surface area contributed by atoms with Crippen molar-refractivity contribution in [1.82, 2.24) is 4.72 Å². The van der Waals surface area contributed by atoms with Gasteiger partial charge in [-0.15, -0.1) is 0 Å². The maximum atomic E-state index is 10.7. The summed E-state index contributed by atoms with van der Waals surface area (Å²) < 4.78 is 27.0. The van der Waals surface area contributed by atoms with Crippen molar-refractivity contribution in [1.29, 1.82) is 5.41 Å². The highest BCUT2D eigenvalue weighted by atomic mass is 32.3. The summed E-state index contributed by atoms with van der Waals surface area (Å²) in [6, 6.07) is 3.93. The van der Waals surface area contributed by atoms with E-state index in [1.165, 1.54) is 55.0 Å². The number of anilines is 1. The molecule has 8 heteroatoms. The summed E-state index contributed by atoms with van der Waals surface area (Å²) in [4.78, 5) is 10.7. The van der Waals surface area contributed by atoms with E-state index in [-0.39, 0.29) is 5.09 Å². The third kappa shape index (κ3) is 3.92. The standard InChI is InChI=1S/C13H15NO.C9H14N2O3S/c15-8-14-13-11-5-1-3-9(11)7-10-4-2-6-12(10)13;1-11-15(12,13)9-5-6-7(10)3-2-4-8(6)14-9/h7-8H,1-6H2,(H,14,15);5,10-13H,2-4H2,1H3. The lowest BCUT2D eigenvalue weighted by molar-refractivity contribution is -0.105. The van der Waals surface area contributed by atoms with E-state index in [4.69, 9.17) is 9.83 Å². The highest BCUT2D eigenvalue weighted by molar-refractivity contribution is 8.22. The second kappa shape index (κ2) is 8.55. The fourth-order valence-corrected chi connectivity index (χ4v) is 5.40. The predicted molar refractivity (Wildman–Crippen MR) is 119 cm³/mol. The molecule has 0 saturated heterocycles. The van der Waals surface area contributed by atoms with Gasteiger partial charge in [-0.3, -0.25) is 13.9 Å². The molecule has 7 nitrogen and oxygen atoms in total. The maximum Gasteiger partial charge on any atom is 0.227 e. The second-order valence-corrected chi connectivity index (χ2v) is 9.89. The predicted octanol–water partition coefficient (Wildman–Crippen LogP) is 4.46. The lowest BCUT2D eigenvalue weighted by Crippen LogP contribution is -2.14. The molecule has 3 aliphatic carbocycles. The smallest absolute Gasteiger partial charge is 0.227 e. The minimum atomic E-state index is -3.03. The molecule has 0 atom stereocenters. The second-order valence-electron chi connectivity index (χ2n) is 7.98. The van der Waals surface area contributed by atoms with Gasteiger partial charge in [0.2, 0.25) is 11.5 Å². The number of furan rings is 1. The number of benzene rings is 1. The van der Waals surface area contributed by atoms with Crippen molar-refractivity contribution in [3.63, 3.8) is 0 Å². The largest absolute Gasteiger partial charge is 0.444 e. The van der Waals surface area contributed by atoms with Gasteiger partial charge in [-0.25, -0.2) is 4.72 Å². The zero-order valence-electron chi connectivity index (χ0n) is 17.2. The third-order valence-electron chi connectivity index (χ3n) is 6.18. The highest BCUT2D eigenvalue weighted by Crippen LogP contribution is 2.46. The van der Waals surface area contributed by atoms with Gasteiger partial charge < -0.3 is 15.1 Å². The molecule has 1 aromatic carbocycles. The number of amides is 1. The fourth-order valence-electron chi connectivity index (χ4n) is 4.70. The Labute approximate surface area is 178 Å². The van der Waals surface area contributed by atoms with Crippen LogP contribution in [0.2, 0.25) is 0 Å². The molecule has 0 spiro atoms. The number of fused-ring (bicyclic) bond motifs is 3. The van der Waals surface area contributed by atoms with Crippen LogP contribution in [0.25, 0.3) is 0 Å². The first-order valence-electron chi connectivity index (χ1n) is 10.5. The molecule has 1 amide bonds. The minimum Gasteiger partial charge on any atom is -0.444 e. The molecular formula is C22H29N3O4S. The summed E-state index contributed by atoms with van der Waals surface area (Å²) in [6.45, 7) is 0. The molecule has 3 aliphatic rings. The molecule has 5 N–H and O–H groups in total. The van der Waals surface area contributed by atoms with E-state index in [9.17, 15) is 13.9 Å². The number of rotatable bonds is 4. The Morgan fingerprint density at radius 2 is 1.63 bits per heavy atom. The summed E-state index contributed by atoms with van der Waals surface area (Å²) in [5, 5.41) is 10.8. The Morgan fingerprint density at radius 1 is 1.00 bits per heavy atom. The van der Waals surface area contributed by atoms with Gasteiger partial charge in [-0.1, -0.05) is 16.8 Å². The van der Waals surface area contributed by atoms with Crippen molar-refractivity contribution in [2.75, 3.05) is 12.4 Å². The van der Waals surface area contributed by atoms with Crippen molar-refractivity contribution in [3.05, 3.63) is 45.7 Å². The molecule has 0 fully saturated rings. The van der Waals surface area contributed by atoms with Gasteiger partial charge in [0.25, 0.3) is 0 Å². The Morgan fingerprint density at radius 3 is 2.20 bits per heavy atom. The van der Waals surface area contributed by atoms with E-state index >= 15 is 0 Å². The van der Waals surface area contributed by atoms with Crippen molar-refractivity contribution >= 4 is 28.6 Å². The molecule has 30 heavy (non-hydrogen) atoms. The van der Waals surface area contributed by atoms with Crippen molar-refractivity contribution in [2.24, 2.45) is 0 Å². The minimum absolute atomic E-state index is 0.127. The lowest BCUT2D eigenvalue weighted by atomic mass is 9.97. The maximum absolute atomic E-state index is 10.7. The summed E-state index contributed by atoms with van der Waals surface area (Å²) in [5.41, 5.74) is 8.13. The van der Waals surface area contributed by atoms with Crippen molar-refractivity contribution in [3.8, 4) is 0 Å². The molecule has 0 unspecified atom stereocenters. The fraction of sp³-hybridized carbons (Fsp3) is 0.455. The van der Waals surface area contributed by atoms with Crippen LogP contribution < -0.4 is 10.0 Å². The Bertz CT molecular complexity index is 951. The van der Waals surface area contributed by atoms with Crippen LogP contribution >= 0.6 is 10.8 Å². The van der Waals surface area contributed by atoms with Gasteiger partial charge >= 0.3 is 0 Å². The van der Waals surface area contributed by atoms with Crippen LogP contribution in [0.1, 0.15) is 59.3 Å². The molecule has 0 saturated carbocycles. The van der Waals surface area contributed by atoms with Crippen LogP contribution in [-0.2, 0) is 36.9 Å². The zero-order valence-corrected chi connectivity index (χ0v) is 18.0. The molecule has 1 heterocycles. The Kier molecular flexibility index (Phi) is 6.02. The van der Waals surface area contributed by atoms with Gasteiger partial charge in [0.1, 0.15) is 5.76 Å². The average Bonchev–Trinajstić information content (AvgIpc) is 3.47. The van der Waals surface area contributed by atoms with Gasteiger partial charge in [0, 0.05) is 36.5 Å². The normalized spacial score (nSPS) is 17.5. The van der Waals surface area contributed by atoms with E-state index in [0.29, 0.717) is 17.0 Å². The number of carbonyl (C=O) groups is 1. The van der Waals surface area contributed by atoms with Crippen molar-refractivity contribution in [2.45, 2.75) is 62.9 Å². The van der Waals surface area contributed by atoms with Crippen LogP contribution in [0.4, 0.5) is 5.69 Å². The Hall–Kier alpha value is -2.13. The summed E-state index contributed by atoms with van der Waals surface area (Å²) in [5.74, 6) is 0.691.